The summed E-state index contributed by atoms with van der Waals surface area (Å²) in [5, 5.41) is 9.68. The van der Waals surface area contributed by atoms with Gasteiger partial charge in [-0.05, 0) is 62.3 Å². The maximum atomic E-state index is 13.2. The summed E-state index contributed by atoms with van der Waals surface area (Å²) >= 11 is 0. The molecule has 3 nitrogen and oxygen atoms in total. The topological polar surface area (TPSA) is 40.5 Å². The fourth-order valence-electron chi connectivity index (χ4n) is 4.13. The fraction of sp³-hybridized carbons (Fsp3) is 0.588. The van der Waals surface area contributed by atoms with E-state index >= 15 is 0 Å². The van der Waals surface area contributed by atoms with Crippen molar-refractivity contribution in [2.75, 3.05) is 20.1 Å². The number of carbonyl (C=O) groups is 1. The van der Waals surface area contributed by atoms with Crippen LogP contribution in [0.3, 0.4) is 0 Å². The van der Waals surface area contributed by atoms with Crippen LogP contribution in [0.2, 0.25) is 0 Å². The summed E-state index contributed by atoms with van der Waals surface area (Å²) < 4.78 is 13.2. The first kappa shape index (κ1) is 14.5. The number of phenolic OH excluding ortho intramolecular Hbond substituents is 1. The number of carbonyl (C=O) groups excluding carboxylic acids is 1. The van der Waals surface area contributed by atoms with Gasteiger partial charge in [0.15, 0.2) is 5.78 Å². The van der Waals surface area contributed by atoms with Gasteiger partial charge in [-0.1, -0.05) is 6.42 Å². The molecular weight excluding hydrogens is 269 g/mol. The lowest BCUT2D eigenvalue weighted by molar-refractivity contribution is 0.0926. The fourth-order valence-corrected chi connectivity index (χ4v) is 4.13. The highest BCUT2D eigenvalue weighted by atomic mass is 19.1. The lowest BCUT2D eigenvalue weighted by Crippen LogP contribution is -2.32. The molecule has 0 saturated heterocycles. The average Bonchev–Trinajstić information content (AvgIpc) is 3.03. The summed E-state index contributed by atoms with van der Waals surface area (Å²) in [7, 11) is 1.93. The number of rotatable bonds is 5. The molecule has 3 unspecified atom stereocenters. The molecule has 1 N–H and O–H groups in total. The predicted molar refractivity (Wildman–Crippen MR) is 78.8 cm³/mol. The molecule has 2 saturated carbocycles. The maximum Gasteiger partial charge on any atom is 0.180 e. The molecule has 3 atom stereocenters. The van der Waals surface area contributed by atoms with E-state index in [4.69, 9.17) is 0 Å². The van der Waals surface area contributed by atoms with Crippen LogP contribution in [0.1, 0.15) is 36.0 Å². The smallest absolute Gasteiger partial charge is 0.180 e. The van der Waals surface area contributed by atoms with Crippen molar-refractivity contribution in [3.63, 3.8) is 0 Å². The summed E-state index contributed by atoms with van der Waals surface area (Å²) in [6.07, 6.45) is 5.36. The first-order chi connectivity index (χ1) is 10.0. The van der Waals surface area contributed by atoms with Crippen LogP contribution in [-0.4, -0.2) is 35.9 Å². The van der Waals surface area contributed by atoms with E-state index in [9.17, 15) is 14.3 Å². The van der Waals surface area contributed by atoms with E-state index in [-0.39, 0.29) is 23.6 Å². The van der Waals surface area contributed by atoms with E-state index < -0.39 is 5.82 Å². The van der Waals surface area contributed by atoms with Crippen LogP contribution in [0, 0.1) is 23.6 Å². The van der Waals surface area contributed by atoms with Crippen molar-refractivity contribution < 1.29 is 14.3 Å². The van der Waals surface area contributed by atoms with Gasteiger partial charge < -0.3 is 5.11 Å². The number of fused-ring (bicyclic) bond motifs is 2. The van der Waals surface area contributed by atoms with Gasteiger partial charge in [0.25, 0.3) is 0 Å². The quantitative estimate of drug-likeness (QED) is 0.848. The van der Waals surface area contributed by atoms with Gasteiger partial charge in [-0.25, -0.2) is 4.39 Å². The Kier molecular flexibility index (Phi) is 3.98. The van der Waals surface area contributed by atoms with Crippen LogP contribution in [-0.2, 0) is 0 Å². The number of hydrogen-bond acceptors (Lipinski definition) is 3. The molecule has 0 spiro atoms. The van der Waals surface area contributed by atoms with Crippen LogP contribution < -0.4 is 0 Å². The van der Waals surface area contributed by atoms with E-state index in [0.717, 1.165) is 30.5 Å². The minimum atomic E-state index is -0.494. The van der Waals surface area contributed by atoms with Gasteiger partial charge in [-0.3, -0.25) is 9.69 Å². The Labute approximate surface area is 124 Å². The summed E-state index contributed by atoms with van der Waals surface area (Å²) in [6.45, 7) is 1.15. The number of aromatic hydroxyl groups is 1. The zero-order chi connectivity index (χ0) is 15.0. The molecule has 0 amide bonds. The van der Waals surface area contributed by atoms with Crippen LogP contribution in [0.15, 0.2) is 18.2 Å². The number of hydrogen-bond donors (Lipinski definition) is 1. The highest BCUT2D eigenvalue weighted by Crippen LogP contribution is 2.48. The van der Waals surface area contributed by atoms with Gasteiger partial charge >= 0.3 is 0 Å². The number of Topliss-reactive ketones (excluding diaryl/α,β-unsaturated/α-hetero) is 1. The Hall–Kier alpha value is -1.42. The molecule has 0 aliphatic heterocycles. The number of ketones is 1. The van der Waals surface area contributed by atoms with Crippen LogP contribution in [0.4, 0.5) is 4.39 Å². The van der Waals surface area contributed by atoms with Crippen molar-refractivity contribution in [3.05, 3.63) is 29.6 Å². The second-order valence-electron chi connectivity index (χ2n) is 6.72. The van der Waals surface area contributed by atoms with Gasteiger partial charge in [0.2, 0.25) is 0 Å². The molecule has 0 radical (unpaired) electrons. The minimum absolute atomic E-state index is 0.0785. The predicted octanol–water partition coefficient (Wildman–Crippen LogP) is 3.08. The standard InChI is InChI=1S/C17H22FNO2/c1-19(9-13-7-11-2-3-12(13)6-11)10-17(21)15-8-14(18)4-5-16(15)20/h4-5,8,11-13,20H,2-3,6-7,9-10H2,1H3. The molecule has 4 heteroatoms. The molecule has 1 aromatic carbocycles. The summed E-state index contributed by atoms with van der Waals surface area (Å²) in [5.74, 6) is 1.56. The minimum Gasteiger partial charge on any atom is -0.507 e. The van der Waals surface area contributed by atoms with E-state index in [1.807, 2.05) is 11.9 Å². The number of likely N-dealkylation sites (N-methyl/N-ethyl adjacent to an activating group) is 1. The third-order valence-corrected chi connectivity index (χ3v) is 5.10. The Bertz CT molecular complexity index is 546. The zero-order valence-electron chi connectivity index (χ0n) is 12.4. The first-order valence-electron chi connectivity index (χ1n) is 7.73. The molecule has 0 aromatic heterocycles. The highest BCUT2D eigenvalue weighted by Gasteiger charge is 2.39. The molecule has 2 aliphatic carbocycles. The van der Waals surface area contributed by atoms with E-state index in [2.05, 4.69) is 0 Å². The summed E-state index contributed by atoms with van der Waals surface area (Å²) in [6, 6.07) is 3.51. The van der Waals surface area contributed by atoms with Crippen molar-refractivity contribution in [1.29, 1.82) is 0 Å². The monoisotopic (exact) mass is 291 g/mol. The number of halogens is 1. The van der Waals surface area contributed by atoms with Crippen LogP contribution >= 0.6 is 0 Å². The largest absolute Gasteiger partial charge is 0.507 e. The normalized spacial score (nSPS) is 27.5. The van der Waals surface area contributed by atoms with Gasteiger partial charge in [-0.15, -0.1) is 0 Å². The molecule has 0 heterocycles. The SMILES string of the molecule is CN(CC(=O)c1cc(F)ccc1O)CC1CC2CCC1C2. The number of phenols is 1. The van der Waals surface area contributed by atoms with Crippen molar-refractivity contribution >= 4 is 5.78 Å². The number of benzene rings is 1. The zero-order valence-corrected chi connectivity index (χ0v) is 12.4. The third-order valence-electron chi connectivity index (χ3n) is 5.10. The van der Waals surface area contributed by atoms with E-state index in [0.29, 0.717) is 5.92 Å². The van der Waals surface area contributed by atoms with E-state index in [1.54, 1.807) is 0 Å². The molecule has 2 bridgehead atoms. The maximum absolute atomic E-state index is 13.2. The van der Waals surface area contributed by atoms with Crippen molar-refractivity contribution in [1.82, 2.24) is 4.90 Å². The average molecular weight is 291 g/mol. The van der Waals surface area contributed by atoms with Gasteiger partial charge in [0, 0.05) is 6.54 Å². The van der Waals surface area contributed by atoms with Crippen LogP contribution in [0.25, 0.3) is 0 Å². The van der Waals surface area contributed by atoms with Crippen molar-refractivity contribution in [3.8, 4) is 5.75 Å². The molecule has 114 valence electrons. The Morgan fingerprint density at radius 3 is 2.86 bits per heavy atom. The van der Waals surface area contributed by atoms with Gasteiger partial charge in [0.05, 0.1) is 12.1 Å². The third kappa shape index (κ3) is 3.10. The summed E-state index contributed by atoms with van der Waals surface area (Å²) in [4.78, 5) is 14.2. The van der Waals surface area contributed by atoms with Crippen LogP contribution in [0.5, 0.6) is 5.75 Å². The summed E-state index contributed by atoms with van der Waals surface area (Å²) in [5.41, 5.74) is 0.0785. The molecule has 1 aromatic rings. The second kappa shape index (κ2) is 5.76. The molecular formula is C17H22FNO2. The Morgan fingerprint density at radius 2 is 2.19 bits per heavy atom. The molecule has 3 rings (SSSR count). The molecule has 2 aliphatic rings. The second-order valence-corrected chi connectivity index (χ2v) is 6.72. The van der Waals surface area contributed by atoms with Gasteiger partial charge in [0.1, 0.15) is 11.6 Å². The van der Waals surface area contributed by atoms with Crippen molar-refractivity contribution in [2.24, 2.45) is 17.8 Å². The molecule has 21 heavy (non-hydrogen) atoms. The van der Waals surface area contributed by atoms with Gasteiger partial charge in [-0.2, -0.15) is 0 Å². The lowest BCUT2D eigenvalue weighted by Gasteiger charge is -2.26. The van der Waals surface area contributed by atoms with E-state index in [1.165, 1.54) is 31.7 Å². The Balaban J connectivity index is 1.58. The lowest BCUT2D eigenvalue weighted by atomic mass is 9.88. The first-order valence-corrected chi connectivity index (χ1v) is 7.73. The number of nitrogens with zero attached hydrogens (tertiary/aromatic N) is 1. The molecule has 2 fully saturated rings. The van der Waals surface area contributed by atoms with Crippen molar-refractivity contribution in [2.45, 2.75) is 25.7 Å². The highest BCUT2D eigenvalue weighted by molar-refractivity contribution is 5.99. The Morgan fingerprint density at radius 1 is 1.38 bits per heavy atom.